The van der Waals surface area contributed by atoms with Crippen molar-refractivity contribution in [3.8, 4) is 0 Å². The zero-order valence-corrected chi connectivity index (χ0v) is 56.3. The van der Waals surface area contributed by atoms with Crippen molar-refractivity contribution in [1.29, 1.82) is 0 Å². The van der Waals surface area contributed by atoms with Gasteiger partial charge in [0, 0.05) is 61.7 Å². The molecule has 22 heteroatoms. The van der Waals surface area contributed by atoms with Gasteiger partial charge in [0.05, 0.1) is 18.7 Å². The highest BCUT2D eigenvalue weighted by molar-refractivity contribution is 5.99. The fourth-order valence-electron chi connectivity index (χ4n) is 11.0. The second kappa shape index (κ2) is 35.0. The predicted octanol–water partition coefficient (Wildman–Crippen LogP) is 4.36. The number of hydrogen-bond acceptors (Lipinski definition) is 12. The number of nitrogens with one attached hydrogen (secondary N) is 3. The van der Waals surface area contributed by atoms with E-state index in [1.165, 1.54) is 87.7 Å². The van der Waals surface area contributed by atoms with Gasteiger partial charge >= 0.3 is 0 Å². The van der Waals surface area contributed by atoms with Gasteiger partial charge in [-0.3, -0.25) is 52.7 Å². The molecule has 0 aromatic heterocycles. The molecule has 0 spiro atoms. The molecule has 1 unspecified atom stereocenters. The van der Waals surface area contributed by atoms with Crippen molar-refractivity contribution in [3.63, 3.8) is 0 Å². The minimum absolute atomic E-state index is 0.0329. The number of amides is 10. The van der Waals surface area contributed by atoms with Crippen LogP contribution < -0.4 is 16.0 Å². The van der Waals surface area contributed by atoms with Crippen LogP contribution >= 0.6 is 0 Å². The van der Waals surface area contributed by atoms with Crippen molar-refractivity contribution in [1.82, 2.24) is 50.2 Å². The van der Waals surface area contributed by atoms with Crippen LogP contribution in [0, 0.1) is 47.3 Å². The van der Waals surface area contributed by atoms with Gasteiger partial charge in [-0.1, -0.05) is 109 Å². The molecule has 1 aliphatic heterocycles. The lowest BCUT2D eigenvalue weighted by Crippen LogP contribution is -2.63. The molecule has 486 valence electrons. The Morgan fingerprint density at radius 2 is 0.918 bits per heavy atom. The highest BCUT2D eigenvalue weighted by Gasteiger charge is 2.45. The first-order chi connectivity index (χ1) is 39.2. The Balaban J connectivity index is 4.32. The molecule has 0 aromatic carbocycles. The molecule has 1 aliphatic rings. The smallest absolute Gasteiger partial charge is 0.246 e. The van der Waals surface area contributed by atoms with Gasteiger partial charge in [-0.15, -0.1) is 0 Å². The monoisotopic (exact) mass is 1200 g/mol. The molecule has 0 bridgehead atoms. The second-order valence-corrected chi connectivity index (χ2v) is 26.4. The van der Waals surface area contributed by atoms with Crippen molar-refractivity contribution in [2.45, 2.75) is 223 Å². The van der Waals surface area contributed by atoms with Crippen LogP contribution in [0.4, 0.5) is 0 Å². The van der Waals surface area contributed by atoms with Gasteiger partial charge in [0.2, 0.25) is 59.1 Å². The Morgan fingerprint density at radius 3 is 1.38 bits per heavy atom. The first kappa shape index (κ1) is 77.1. The lowest BCUT2D eigenvalue weighted by Gasteiger charge is -2.41. The molecule has 10 amide bonds. The maximum atomic E-state index is 15.1. The Morgan fingerprint density at radius 1 is 0.482 bits per heavy atom. The Labute approximate surface area is 509 Å². The largest absolute Gasteiger partial charge is 0.390 e. The average Bonchev–Trinajstić information content (AvgIpc) is 3.62. The van der Waals surface area contributed by atoms with E-state index in [1.807, 2.05) is 61.5 Å². The lowest BCUT2D eigenvalue weighted by molar-refractivity contribution is -0.157. The third-order valence-electron chi connectivity index (χ3n) is 16.5. The number of carbonyl (C=O) groups excluding carboxylic acids is 11. The van der Waals surface area contributed by atoms with E-state index in [4.69, 9.17) is 0 Å². The van der Waals surface area contributed by atoms with E-state index in [0.717, 1.165) is 9.80 Å². The summed E-state index contributed by atoms with van der Waals surface area (Å²) in [5.74, 6) is -9.97. The minimum Gasteiger partial charge on any atom is -0.390 e. The minimum atomic E-state index is -1.60. The third kappa shape index (κ3) is 21.8. The second-order valence-electron chi connectivity index (χ2n) is 26.4. The van der Waals surface area contributed by atoms with E-state index in [9.17, 15) is 48.3 Å². The summed E-state index contributed by atoms with van der Waals surface area (Å²) in [6.45, 7) is 29.6. The molecule has 0 aliphatic carbocycles. The van der Waals surface area contributed by atoms with Crippen LogP contribution in [0.15, 0.2) is 12.2 Å². The number of rotatable bonds is 15. The quantitative estimate of drug-likeness (QED) is 0.167. The Kier molecular flexibility index (Phi) is 31.8. The SMILES string of the molecule is C/C=C/C[C@@H](C)[C@@H](O)[C@H]1C(=O)N[C@@H](CC)C(=O)N(C)CC(=O)N(C)[C@@H](CC(C)C)C(=O)C[C@@H](C(C)C)C(=O)N(C)[C@@H](CC(C)C)C(=O)N[C@@H](C)C(=O)N[C@H](C)C(=O)N(C)[C@@H](CC(C)C)C(=O)N(C)[C@@H](CC(C)C)C(=O)N(C)C(C(C)C)C(=O)N1C. The first-order valence-electron chi connectivity index (χ1n) is 30.8. The van der Waals surface area contributed by atoms with Gasteiger partial charge in [0.15, 0.2) is 5.78 Å². The van der Waals surface area contributed by atoms with Crippen molar-refractivity contribution in [2.24, 2.45) is 47.3 Å². The van der Waals surface area contributed by atoms with Crippen molar-refractivity contribution in [3.05, 3.63) is 12.2 Å². The third-order valence-corrected chi connectivity index (χ3v) is 16.5. The maximum Gasteiger partial charge on any atom is 0.246 e. The summed E-state index contributed by atoms with van der Waals surface area (Å²) in [7, 11) is 10.0. The number of aliphatic hydroxyl groups is 1. The van der Waals surface area contributed by atoms with E-state index in [-0.39, 0.29) is 62.2 Å². The van der Waals surface area contributed by atoms with Crippen LogP contribution in [0.5, 0.6) is 0 Å². The number of carbonyl (C=O) groups is 11. The summed E-state index contributed by atoms with van der Waals surface area (Å²) in [4.78, 5) is 169. The van der Waals surface area contributed by atoms with E-state index in [0.29, 0.717) is 6.42 Å². The highest BCUT2D eigenvalue weighted by atomic mass is 16.3. The molecule has 4 N–H and O–H groups in total. The standard InChI is InChI=1S/C63H112N10O12/c1-25-27-28-41(15)54(76)53-57(79)66-45(26-2)60(82)67(18)34-51(75)68(19)46(29-35(3)4)50(74)33-44(39(11)12)59(81)69(20)47(30-36(5)6)56(78)64-42(16)55(77)65-43(17)58(80)70(21)48(31-37(7)8)61(83)71(22)49(32-38(9)10)62(84)72(23)52(40(13)14)63(85)73(53)24/h25,27,35-49,52-54,76H,26,28-34H2,1-24H3,(H,64,78)(H,65,77)(H,66,79)/b27-25+/t41-,42+,43-,44+,45+,46+,47+,48+,49+,52?,53+,54-/m1/s1. The number of Topliss-reactive ketones (excluding diaryl/α,β-unsaturated/α-hetero) is 1. The normalized spacial score (nSPS) is 27.0. The van der Waals surface area contributed by atoms with Crippen molar-refractivity contribution < 1.29 is 57.8 Å². The molecule has 85 heavy (non-hydrogen) atoms. The van der Waals surface area contributed by atoms with Gasteiger partial charge in [-0.2, -0.15) is 0 Å². The highest BCUT2D eigenvalue weighted by Crippen LogP contribution is 2.27. The molecule has 0 saturated carbocycles. The topological polar surface area (TPSA) is 267 Å². The Hall–Kier alpha value is -5.93. The zero-order chi connectivity index (χ0) is 66.0. The molecule has 1 rings (SSSR count). The maximum absolute atomic E-state index is 15.1. The number of hydrogen-bond donors (Lipinski definition) is 4. The summed E-state index contributed by atoms with van der Waals surface area (Å²) in [5.41, 5.74) is 0. The number of ketones is 1. The molecule has 22 nitrogen and oxygen atoms in total. The van der Waals surface area contributed by atoms with E-state index in [2.05, 4.69) is 16.0 Å². The summed E-state index contributed by atoms with van der Waals surface area (Å²) in [6.07, 6.45) is 2.88. The first-order valence-corrected chi connectivity index (χ1v) is 30.8. The van der Waals surface area contributed by atoms with Crippen LogP contribution in [0.3, 0.4) is 0 Å². The summed E-state index contributed by atoms with van der Waals surface area (Å²) in [6, 6.07) is -10.9. The Bertz CT molecular complexity index is 2320. The van der Waals surface area contributed by atoms with Gasteiger partial charge in [-0.25, -0.2) is 0 Å². The fourth-order valence-corrected chi connectivity index (χ4v) is 11.0. The summed E-state index contributed by atoms with van der Waals surface area (Å²) >= 11 is 0. The molecular weight excluding hydrogens is 1090 g/mol. The van der Waals surface area contributed by atoms with Gasteiger partial charge in [0.1, 0.15) is 48.3 Å². The molecular formula is C63H112N10O12. The number of nitrogens with zero attached hydrogens (tertiary/aromatic N) is 7. The van der Waals surface area contributed by atoms with Crippen LogP contribution in [-0.4, -0.2) is 221 Å². The average molecular weight is 1200 g/mol. The lowest BCUT2D eigenvalue weighted by atomic mass is 9.85. The van der Waals surface area contributed by atoms with E-state index in [1.54, 1.807) is 54.5 Å². The summed E-state index contributed by atoms with van der Waals surface area (Å²) in [5, 5.41) is 20.3. The summed E-state index contributed by atoms with van der Waals surface area (Å²) < 4.78 is 0. The molecule has 0 radical (unpaired) electrons. The predicted molar refractivity (Wildman–Crippen MR) is 330 cm³/mol. The molecule has 12 atom stereocenters. The van der Waals surface area contributed by atoms with E-state index < -0.39 is 156 Å². The molecule has 1 heterocycles. The molecule has 1 fully saturated rings. The van der Waals surface area contributed by atoms with Crippen LogP contribution in [-0.2, 0) is 52.7 Å². The molecule has 0 aromatic rings. The van der Waals surface area contributed by atoms with Gasteiger partial charge < -0.3 is 55.4 Å². The van der Waals surface area contributed by atoms with Gasteiger partial charge in [-0.05, 0) is 101 Å². The number of likely N-dealkylation sites (N-methyl/N-ethyl adjacent to an activating group) is 7. The van der Waals surface area contributed by atoms with Crippen molar-refractivity contribution >= 4 is 64.9 Å². The van der Waals surface area contributed by atoms with Crippen molar-refractivity contribution in [2.75, 3.05) is 55.9 Å². The molecule has 1 saturated heterocycles. The zero-order valence-electron chi connectivity index (χ0n) is 56.3. The van der Waals surface area contributed by atoms with Crippen LogP contribution in [0.25, 0.3) is 0 Å². The number of aliphatic hydroxyl groups excluding tert-OH is 1. The van der Waals surface area contributed by atoms with Crippen LogP contribution in [0.1, 0.15) is 163 Å². The number of allylic oxidation sites excluding steroid dienone is 2. The van der Waals surface area contributed by atoms with E-state index >= 15 is 9.59 Å². The fraction of sp³-hybridized carbons (Fsp3) is 0.794. The van der Waals surface area contributed by atoms with Crippen LogP contribution in [0.2, 0.25) is 0 Å². The van der Waals surface area contributed by atoms with Gasteiger partial charge in [0.25, 0.3) is 0 Å².